The lowest BCUT2D eigenvalue weighted by Gasteiger charge is -2.12. The minimum Gasteiger partial charge on any atom is -0.457 e. The average Bonchev–Trinajstić information content (AvgIpc) is 2.36. The molecule has 0 saturated carbocycles. The highest BCUT2D eigenvalue weighted by atomic mass is 35.5. The summed E-state index contributed by atoms with van der Waals surface area (Å²) in [4.78, 5) is 0. The van der Waals surface area contributed by atoms with E-state index in [1.165, 1.54) is 0 Å². The summed E-state index contributed by atoms with van der Waals surface area (Å²) >= 11 is 5.97. The first-order valence-electron chi connectivity index (χ1n) is 5.54. The van der Waals surface area contributed by atoms with Crippen LogP contribution in [0.4, 0.5) is 5.69 Å². The van der Waals surface area contributed by atoms with Crippen LogP contribution >= 0.6 is 11.6 Å². The molecular weight excluding hydrogens is 250 g/mol. The van der Waals surface area contributed by atoms with Crippen molar-refractivity contribution in [2.45, 2.75) is 13.5 Å². The molecule has 3 N–H and O–H groups in total. The van der Waals surface area contributed by atoms with Crippen molar-refractivity contribution in [2.75, 3.05) is 5.73 Å². The summed E-state index contributed by atoms with van der Waals surface area (Å²) in [6.07, 6.45) is 0. The Kier molecular flexibility index (Phi) is 3.75. The topological polar surface area (TPSA) is 55.5 Å². The quantitative estimate of drug-likeness (QED) is 0.833. The standard InChI is InChI=1S/C14H14ClNO2/c1-9-6-12(16)11(15)7-14(9)18-13-5-3-2-4-10(13)8-17/h2-7,17H,8,16H2,1H3. The zero-order valence-electron chi connectivity index (χ0n) is 9.98. The Morgan fingerprint density at radius 1 is 1.22 bits per heavy atom. The number of hydrogen-bond donors (Lipinski definition) is 2. The number of anilines is 1. The third-order valence-electron chi connectivity index (χ3n) is 2.66. The molecule has 0 heterocycles. The van der Waals surface area contributed by atoms with Crippen molar-refractivity contribution in [3.05, 3.63) is 52.5 Å². The maximum absolute atomic E-state index is 9.24. The van der Waals surface area contributed by atoms with Gasteiger partial charge in [0, 0.05) is 11.6 Å². The molecule has 0 saturated heterocycles. The Morgan fingerprint density at radius 3 is 2.67 bits per heavy atom. The van der Waals surface area contributed by atoms with E-state index in [2.05, 4.69) is 0 Å². The van der Waals surface area contributed by atoms with Gasteiger partial charge in [-0.15, -0.1) is 0 Å². The summed E-state index contributed by atoms with van der Waals surface area (Å²) in [7, 11) is 0. The molecule has 18 heavy (non-hydrogen) atoms. The van der Waals surface area contributed by atoms with E-state index in [1.54, 1.807) is 18.2 Å². The van der Waals surface area contributed by atoms with Crippen LogP contribution in [0.3, 0.4) is 0 Å². The summed E-state index contributed by atoms with van der Waals surface area (Å²) in [5, 5.41) is 9.69. The zero-order chi connectivity index (χ0) is 13.1. The van der Waals surface area contributed by atoms with E-state index < -0.39 is 0 Å². The molecule has 0 bridgehead atoms. The largest absolute Gasteiger partial charge is 0.457 e. The number of aryl methyl sites for hydroxylation is 1. The number of para-hydroxylation sites is 1. The van der Waals surface area contributed by atoms with E-state index in [9.17, 15) is 5.11 Å². The van der Waals surface area contributed by atoms with Crippen LogP contribution < -0.4 is 10.5 Å². The number of ether oxygens (including phenoxy) is 1. The van der Waals surface area contributed by atoms with Gasteiger partial charge in [0.15, 0.2) is 0 Å². The van der Waals surface area contributed by atoms with Crippen molar-refractivity contribution in [2.24, 2.45) is 0 Å². The van der Waals surface area contributed by atoms with Crippen LogP contribution in [0.25, 0.3) is 0 Å². The van der Waals surface area contributed by atoms with Crippen LogP contribution in [-0.2, 0) is 6.61 Å². The molecule has 2 aromatic rings. The molecule has 0 radical (unpaired) electrons. The van der Waals surface area contributed by atoms with Gasteiger partial charge in [0.25, 0.3) is 0 Å². The van der Waals surface area contributed by atoms with Gasteiger partial charge in [0.2, 0.25) is 0 Å². The van der Waals surface area contributed by atoms with E-state index in [0.717, 1.165) is 11.1 Å². The number of nitrogen functional groups attached to an aromatic ring is 1. The highest BCUT2D eigenvalue weighted by Gasteiger charge is 2.08. The Hall–Kier alpha value is -1.71. The smallest absolute Gasteiger partial charge is 0.132 e. The van der Waals surface area contributed by atoms with E-state index in [-0.39, 0.29) is 6.61 Å². The van der Waals surface area contributed by atoms with E-state index in [0.29, 0.717) is 22.2 Å². The van der Waals surface area contributed by atoms with Crippen LogP contribution in [0.5, 0.6) is 11.5 Å². The van der Waals surface area contributed by atoms with Gasteiger partial charge in [-0.25, -0.2) is 0 Å². The molecule has 0 spiro atoms. The van der Waals surface area contributed by atoms with Crippen molar-refractivity contribution in [3.63, 3.8) is 0 Å². The van der Waals surface area contributed by atoms with Gasteiger partial charge in [-0.1, -0.05) is 29.8 Å². The first-order chi connectivity index (χ1) is 8.61. The third kappa shape index (κ3) is 2.58. The van der Waals surface area contributed by atoms with E-state index >= 15 is 0 Å². The Bertz CT molecular complexity index is 570. The summed E-state index contributed by atoms with van der Waals surface area (Å²) in [5.74, 6) is 1.25. The van der Waals surface area contributed by atoms with Crippen LogP contribution in [0.15, 0.2) is 36.4 Å². The molecule has 2 rings (SSSR count). The number of rotatable bonds is 3. The lowest BCUT2D eigenvalue weighted by molar-refractivity contribution is 0.276. The minimum atomic E-state index is -0.0715. The van der Waals surface area contributed by atoms with Gasteiger partial charge in [-0.05, 0) is 24.6 Å². The summed E-state index contributed by atoms with van der Waals surface area (Å²) in [6.45, 7) is 1.82. The van der Waals surface area contributed by atoms with Crippen molar-refractivity contribution < 1.29 is 9.84 Å². The Morgan fingerprint density at radius 2 is 1.94 bits per heavy atom. The fourth-order valence-corrected chi connectivity index (χ4v) is 1.80. The van der Waals surface area contributed by atoms with E-state index in [1.807, 2.05) is 25.1 Å². The van der Waals surface area contributed by atoms with Crippen molar-refractivity contribution >= 4 is 17.3 Å². The van der Waals surface area contributed by atoms with Gasteiger partial charge in [-0.2, -0.15) is 0 Å². The lowest BCUT2D eigenvalue weighted by Crippen LogP contribution is -1.95. The molecule has 0 amide bonds. The molecule has 0 aliphatic carbocycles. The summed E-state index contributed by atoms with van der Waals surface area (Å²) in [6, 6.07) is 10.8. The second-order valence-corrected chi connectivity index (χ2v) is 4.41. The minimum absolute atomic E-state index is 0.0715. The summed E-state index contributed by atoms with van der Waals surface area (Å²) < 4.78 is 5.77. The highest BCUT2D eigenvalue weighted by molar-refractivity contribution is 6.33. The third-order valence-corrected chi connectivity index (χ3v) is 2.98. The Balaban J connectivity index is 2.37. The SMILES string of the molecule is Cc1cc(N)c(Cl)cc1Oc1ccccc1CO. The molecule has 0 aliphatic rings. The van der Waals surface area contributed by atoms with Crippen molar-refractivity contribution in [1.29, 1.82) is 0 Å². The van der Waals surface area contributed by atoms with Crippen molar-refractivity contribution in [3.8, 4) is 11.5 Å². The first kappa shape index (κ1) is 12.7. The Labute approximate surface area is 111 Å². The number of halogens is 1. The highest BCUT2D eigenvalue weighted by Crippen LogP contribution is 2.33. The molecule has 0 aromatic heterocycles. The maximum Gasteiger partial charge on any atom is 0.132 e. The van der Waals surface area contributed by atoms with Gasteiger partial charge in [0.05, 0.1) is 17.3 Å². The van der Waals surface area contributed by atoms with Crippen LogP contribution in [0.1, 0.15) is 11.1 Å². The molecule has 0 aliphatic heterocycles. The predicted octanol–water partition coefficient (Wildman–Crippen LogP) is 3.52. The number of benzene rings is 2. The monoisotopic (exact) mass is 263 g/mol. The molecular formula is C14H14ClNO2. The average molecular weight is 264 g/mol. The predicted molar refractivity (Wildman–Crippen MR) is 73.0 cm³/mol. The number of nitrogens with two attached hydrogens (primary N) is 1. The van der Waals surface area contributed by atoms with Crippen LogP contribution in [0, 0.1) is 6.92 Å². The summed E-state index contributed by atoms with van der Waals surface area (Å²) in [5.41, 5.74) is 7.86. The van der Waals surface area contributed by atoms with Gasteiger partial charge in [0.1, 0.15) is 11.5 Å². The van der Waals surface area contributed by atoms with Crippen LogP contribution in [-0.4, -0.2) is 5.11 Å². The number of aliphatic hydroxyl groups is 1. The molecule has 4 heteroatoms. The number of aliphatic hydroxyl groups excluding tert-OH is 1. The molecule has 0 fully saturated rings. The van der Waals surface area contributed by atoms with Gasteiger partial charge < -0.3 is 15.6 Å². The number of hydrogen-bond acceptors (Lipinski definition) is 3. The fraction of sp³-hybridized carbons (Fsp3) is 0.143. The normalized spacial score (nSPS) is 10.4. The maximum atomic E-state index is 9.24. The van der Waals surface area contributed by atoms with E-state index in [4.69, 9.17) is 22.1 Å². The molecule has 2 aromatic carbocycles. The second kappa shape index (κ2) is 5.29. The molecule has 0 unspecified atom stereocenters. The first-order valence-corrected chi connectivity index (χ1v) is 5.92. The second-order valence-electron chi connectivity index (χ2n) is 4.01. The van der Waals surface area contributed by atoms with Gasteiger partial charge in [-0.3, -0.25) is 0 Å². The molecule has 94 valence electrons. The zero-order valence-corrected chi connectivity index (χ0v) is 10.7. The molecule has 3 nitrogen and oxygen atoms in total. The van der Waals surface area contributed by atoms with Crippen molar-refractivity contribution in [1.82, 2.24) is 0 Å². The lowest BCUT2D eigenvalue weighted by atomic mass is 10.2. The van der Waals surface area contributed by atoms with Crippen LogP contribution in [0.2, 0.25) is 5.02 Å². The molecule has 0 atom stereocenters. The fourth-order valence-electron chi connectivity index (χ4n) is 1.65. The van der Waals surface area contributed by atoms with Gasteiger partial charge >= 0.3 is 0 Å².